The molecule has 3 heterocycles. The van der Waals surface area contributed by atoms with Gasteiger partial charge in [0.2, 0.25) is 0 Å². The number of aromatic nitrogens is 3. The van der Waals surface area contributed by atoms with Gasteiger partial charge in [-0.3, -0.25) is 9.58 Å². The maximum atomic E-state index is 4.98. The number of aryl methyl sites for hydroxylation is 1. The molecule has 4 rings (SSSR count). The third-order valence-electron chi connectivity index (χ3n) is 6.04. The summed E-state index contributed by atoms with van der Waals surface area (Å²) in [5.41, 5.74) is 6.18. The molecule has 0 saturated carbocycles. The van der Waals surface area contributed by atoms with Crippen LogP contribution < -0.4 is 0 Å². The van der Waals surface area contributed by atoms with E-state index in [1.165, 1.54) is 40.4 Å². The van der Waals surface area contributed by atoms with Crippen molar-refractivity contribution in [3.05, 3.63) is 56.1 Å². The Morgan fingerprint density at radius 3 is 2.53 bits per heavy atom. The Hall–Kier alpha value is -1.50. The molecule has 6 heteroatoms. The van der Waals surface area contributed by atoms with E-state index in [0.717, 1.165) is 29.8 Å². The number of halogens is 1. The lowest BCUT2D eigenvalue weighted by Gasteiger charge is -2.31. The zero-order valence-electron chi connectivity index (χ0n) is 18.6. The normalized spacial score (nSPS) is 16.3. The molecule has 0 bridgehead atoms. The van der Waals surface area contributed by atoms with E-state index in [1.54, 1.807) is 0 Å². The predicted octanol–water partition coefficient (Wildman–Crippen LogP) is 6.52. The molecule has 1 aliphatic heterocycles. The molecule has 0 amide bonds. The second-order valence-electron chi connectivity index (χ2n) is 9.36. The third-order valence-corrected chi connectivity index (χ3v) is 7.54. The first-order chi connectivity index (χ1) is 14.2. The first-order valence-electron chi connectivity index (χ1n) is 10.7. The predicted molar refractivity (Wildman–Crippen MR) is 129 cm³/mol. The monoisotopic (exact) mass is 486 g/mol. The summed E-state index contributed by atoms with van der Waals surface area (Å²) in [5, 5.41) is 8.32. The topological polar surface area (TPSA) is 34.0 Å². The highest BCUT2D eigenvalue weighted by Crippen LogP contribution is 2.34. The standard InChI is InChI=1S/C24H31BrN4S/c1-16-21(17(2)29(27-16)24(3,4)5)14-28-11-9-18(10-12-28)23-26-22(15-30-23)19-7-6-8-20(25)13-19/h6-8,13,15,18H,9-12,14H2,1-5H3. The number of hydrogen-bond donors (Lipinski definition) is 0. The minimum atomic E-state index is 0.0248. The van der Waals surface area contributed by atoms with Crippen molar-refractivity contribution in [1.82, 2.24) is 19.7 Å². The molecule has 0 atom stereocenters. The van der Waals surface area contributed by atoms with Gasteiger partial charge in [-0.1, -0.05) is 28.1 Å². The third kappa shape index (κ3) is 4.56. The van der Waals surface area contributed by atoms with E-state index in [1.807, 2.05) is 11.3 Å². The zero-order valence-corrected chi connectivity index (χ0v) is 21.0. The van der Waals surface area contributed by atoms with Gasteiger partial charge < -0.3 is 0 Å². The molecule has 3 aromatic rings. The van der Waals surface area contributed by atoms with Crippen LogP contribution in [0.4, 0.5) is 0 Å². The molecule has 0 aliphatic carbocycles. The van der Waals surface area contributed by atoms with Crippen molar-refractivity contribution in [3.63, 3.8) is 0 Å². The van der Waals surface area contributed by atoms with Gasteiger partial charge in [0.15, 0.2) is 0 Å². The first kappa shape index (κ1) is 21.7. The van der Waals surface area contributed by atoms with Crippen molar-refractivity contribution in [2.45, 2.75) is 65.5 Å². The lowest BCUT2D eigenvalue weighted by atomic mass is 9.97. The maximum absolute atomic E-state index is 4.98. The maximum Gasteiger partial charge on any atom is 0.0964 e. The van der Waals surface area contributed by atoms with Crippen LogP contribution in [0, 0.1) is 13.8 Å². The van der Waals surface area contributed by atoms with Crippen molar-refractivity contribution in [2.24, 2.45) is 0 Å². The van der Waals surface area contributed by atoms with Crippen LogP contribution in [0.3, 0.4) is 0 Å². The highest BCUT2D eigenvalue weighted by Gasteiger charge is 2.26. The van der Waals surface area contributed by atoms with E-state index < -0.39 is 0 Å². The lowest BCUT2D eigenvalue weighted by Crippen LogP contribution is -2.33. The quantitative estimate of drug-likeness (QED) is 0.420. The van der Waals surface area contributed by atoms with Gasteiger partial charge in [0, 0.05) is 39.1 Å². The van der Waals surface area contributed by atoms with Crippen molar-refractivity contribution in [1.29, 1.82) is 0 Å². The van der Waals surface area contributed by atoms with Gasteiger partial charge in [0.25, 0.3) is 0 Å². The molecule has 4 nitrogen and oxygen atoms in total. The van der Waals surface area contributed by atoms with Gasteiger partial charge in [-0.25, -0.2) is 4.98 Å². The van der Waals surface area contributed by atoms with Crippen LogP contribution in [0.1, 0.15) is 61.5 Å². The Balaban J connectivity index is 1.40. The van der Waals surface area contributed by atoms with Crippen LogP contribution in [0.15, 0.2) is 34.1 Å². The summed E-state index contributed by atoms with van der Waals surface area (Å²) in [7, 11) is 0. The second kappa shape index (κ2) is 8.56. The van der Waals surface area contributed by atoms with Crippen molar-refractivity contribution < 1.29 is 0 Å². The van der Waals surface area contributed by atoms with E-state index in [-0.39, 0.29) is 5.54 Å². The molecule has 1 aliphatic rings. The number of piperidine rings is 1. The first-order valence-corrected chi connectivity index (χ1v) is 12.4. The summed E-state index contributed by atoms with van der Waals surface area (Å²) in [6, 6.07) is 8.41. The summed E-state index contributed by atoms with van der Waals surface area (Å²) in [6.45, 7) is 14.3. The van der Waals surface area contributed by atoms with Crippen LogP contribution in [-0.4, -0.2) is 32.8 Å². The highest BCUT2D eigenvalue weighted by molar-refractivity contribution is 9.10. The highest BCUT2D eigenvalue weighted by atomic mass is 79.9. The Morgan fingerprint density at radius 1 is 1.17 bits per heavy atom. The van der Waals surface area contributed by atoms with Crippen LogP contribution in [0.5, 0.6) is 0 Å². The Kier molecular flexibility index (Phi) is 6.20. The Morgan fingerprint density at radius 2 is 1.90 bits per heavy atom. The summed E-state index contributed by atoms with van der Waals surface area (Å²) in [5.74, 6) is 0.576. The summed E-state index contributed by atoms with van der Waals surface area (Å²) in [4.78, 5) is 7.57. The number of nitrogens with zero attached hydrogens (tertiary/aromatic N) is 4. The number of hydrogen-bond acceptors (Lipinski definition) is 4. The molecule has 30 heavy (non-hydrogen) atoms. The van der Waals surface area contributed by atoms with Crippen LogP contribution in [0.2, 0.25) is 0 Å². The minimum absolute atomic E-state index is 0.0248. The lowest BCUT2D eigenvalue weighted by molar-refractivity contribution is 0.203. The fourth-order valence-electron chi connectivity index (χ4n) is 4.37. The molecule has 0 unspecified atom stereocenters. The van der Waals surface area contributed by atoms with Gasteiger partial charge in [0.1, 0.15) is 0 Å². The SMILES string of the molecule is Cc1nn(C(C)(C)C)c(C)c1CN1CCC(c2nc(-c3cccc(Br)c3)cs2)CC1. The van der Waals surface area contributed by atoms with E-state index in [9.17, 15) is 0 Å². The summed E-state index contributed by atoms with van der Waals surface area (Å²) in [6.07, 6.45) is 2.36. The van der Waals surface area contributed by atoms with Gasteiger partial charge in [-0.05, 0) is 72.7 Å². The van der Waals surface area contributed by atoms with Crippen LogP contribution in [0.25, 0.3) is 11.3 Å². The Bertz CT molecular complexity index is 1020. The average Bonchev–Trinajstić information content (AvgIpc) is 3.29. The molecule has 0 radical (unpaired) electrons. The molecule has 160 valence electrons. The smallest absolute Gasteiger partial charge is 0.0964 e. The van der Waals surface area contributed by atoms with Crippen LogP contribution >= 0.6 is 27.3 Å². The number of likely N-dealkylation sites (tertiary alicyclic amines) is 1. The van der Waals surface area contributed by atoms with E-state index in [0.29, 0.717) is 5.92 Å². The van der Waals surface area contributed by atoms with Crippen molar-refractivity contribution in [2.75, 3.05) is 13.1 Å². The van der Waals surface area contributed by atoms with Crippen molar-refractivity contribution >= 4 is 27.3 Å². The average molecular weight is 488 g/mol. The molecule has 1 aromatic carbocycles. The van der Waals surface area contributed by atoms with Gasteiger partial charge >= 0.3 is 0 Å². The molecule has 2 aromatic heterocycles. The van der Waals surface area contributed by atoms with E-state index in [2.05, 4.69) is 89.8 Å². The van der Waals surface area contributed by atoms with Crippen LogP contribution in [-0.2, 0) is 12.1 Å². The fraction of sp³-hybridized carbons (Fsp3) is 0.500. The number of thiazole rings is 1. The number of benzene rings is 1. The molecule has 0 spiro atoms. The van der Waals surface area contributed by atoms with Gasteiger partial charge in [0.05, 0.1) is 21.9 Å². The minimum Gasteiger partial charge on any atom is -0.299 e. The zero-order chi connectivity index (χ0) is 21.5. The van der Waals surface area contributed by atoms with Gasteiger partial charge in [-0.15, -0.1) is 11.3 Å². The fourth-order valence-corrected chi connectivity index (χ4v) is 5.77. The second-order valence-corrected chi connectivity index (χ2v) is 11.2. The summed E-state index contributed by atoms with van der Waals surface area (Å²) >= 11 is 5.38. The van der Waals surface area contributed by atoms with Gasteiger partial charge in [-0.2, -0.15) is 5.10 Å². The summed E-state index contributed by atoms with van der Waals surface area (Å²) < 4.78 is 3.28. The molecule has 1 saturated heterocycles. The molecular formula is C24H31BrN4S. The van der Waals surface area contributed by atoms with E-state index in [4.69, 9.17) is 10.1 Å². The van der Waals surface area contributed by atoms with Crippen molar-refractivity contribution in [3.8, 4) is 11.3 Å². The molecule has 1 fully saturated rings. The molecule has 0 N–H and O–H groups in total. The Labute approximate surface area is 192 Å². The largest absolute Gasteiger partial charge is 0.299 e. The number of rotatable bonds is 4. The molecular weight excluding hydrogens is 456 g/mol. The van der Waals surface area contributed by atoms with E-state index >= 15 is 0 Å².